The predicted octanol–water partition coefficient (Wildman–Crippen LogP) is 7.91. The SMILES string of the molecule is C=C/C=C\C=C(/C)N(C(=C)N(CCC)CCCN(C)C)C(/C=C\C=C)=C(C)\C(C)=C\C1=[N+](C)C2CC=CCC2S1. The number of thioether (sulfide) groups is 1. The van der Waals surface area contributed by atoms with Crippen LogP contribution in [0.25, 0.3) is 0 Å². The predicted molar refractivity (Wildman–Crippen MR) is 180 cm³/mol. The summed E-state index contributed by atoms with van der Waals surface area (Å²) in [7, 11) is 6.51. The van der Waals surface area contributed by atoms with Gasteiger partial charge in [0.2, 0.25) is 5.04 Å². The summed E-state index contributed by atoms with van der Waals surface area (Å²) >= 11 is 2.02. The molecule has 0 spiro atoms. The lowest BCUT2D eigenvalue weighted by molar-refractivity contribution is -0.530. The Morgan fingerprint density at radius 2 is 1.73 bits per heavy atom. The summed E-state index contributed by atoms with van der Waals surface area (Å²) in [5, 5.41) is 1.99. The molecule has 0 aromatic rings. The maximum atomic E-state index is 4.67. The molecule has 2 rings (SSSR count). The van der Waals surface area contributed by atoms with Crippen LogP contribution in [0.3, 0.4) is 0 Å². The first-order chi connectivity index (χ1) is 19.2. The van der Waals surface area contributed by atoms with Gasteiger partial charge in [0.05, 0.1) is 10.9 Å². The Hall–Kier alpha value is -2.76. The van der Waals surface area contributed by atoms with E-state index >= 15 is 0 Å². The molecule has 0 radical (unpaired) electrons. The number of hydrogen-bond acceptors (Lipinski definition) is 4. The van der Waals surface area contributed by atoms with Crippen molar-refractivity contribution in [1.29, 1.82) is 0 Å². The maximum Gasteiger partial charge on any atom is 0.235 e. The summed E-state index contributed by atoms with van der Waals surface area (Å²) in [6, 6.07) is 0.585. The van der Waals surface area contributed by atoms with Crippen molar-refractivity contribution in [2.75, 3.05) is 40.8 Å². The van der Waals surface area contributed by atoms with Crippen LogP contribution in [-0.2, 0) is 0 Å². The van der Waals surface area contributed by atoms with Gasteiger partial charge in [0.25, 0.3) is 0 Å². The summed E-state index contributed by atoms with van der Waals surface area (Å²) in [5.74, 6) is 0.995. The first kappa shape index (κ1) is 33.4. The molecule has 4 nitrogen and oxygen atoms in total. The van der Waals surface area contributed by atoms with Crippen LogP contribution in [0.2, 0.25) is 0 Å². The molecule has 1 aliphatic carbocycles. The monoisotopic (exact) mass is 561 g/mol. The number of nitrogens with zero attached hydrogens (tertiary/aromatic N) is 4. The van der Waals surface area contributed by atoms with Gasteiger partial charge in [-0.3, -0.25) is 0 Å². The Kier molecular flexibility index (Phi) is 14.3. The van der Waals surface area contributed by atoms with E-state index in [2.05, 4.69) is 118 Å². The fraction of sp³-hybridized carbons (Fsp3) is 0.457. The van der Waals surface area contributed by atoms with Crippen molar-refractivity contribution in [2.24, 2.45) is 0 Å². The number of rotatable bonds is 16. The Morgan fingerprint density at radius 3 is 2.35 bits per heavy atom. The summed E-state index contributed by atoms with van der Waals surface area (Å²) < 4.78 is 2.48. The van der Waals surface area contributed by atoms with Gasteiger partial charge in [-0.2, -0.15) is 0 Å². The van der Waals surface area contributed by atoms with Crippen molar-refractivity contribution >= 4 is 16.8 Å². The van der Waals surface area contributed by atoms with E-state index in [1.807, 2.05) is 36.1 Å². The second-order valence-electron chi connectivity index (χ2n) is 10.9. The van der Waals surface area contributed by atoms with Crippen LogP contribution in [0.4, 0.5) is 0 Å². The lowest BCUT2D eigenvalue weighted by Crippen LogP contribution is -2.36. The summed E-state index contributed by atoms with van der Waals surface area (Å²) in [5.41, 5.74) is 4.69. The molecule has 5 heteroatoms. The van der Waals surface area contributed by atoms with E-state index in [0.717, 1.165) is 62.5 Å². The van der Waals surface area contributed by atoms with E-state index in [1.54, 1.807) is 6.08 Å². The molecule has 0 amide bonds. The number of hydrogen-bond donors (Lipinski definition) is 0. The first-order valence-corrected chi connectivity index (χ1v) is 15.5. The average molecular weight is 562 g/mol. The lowest BCUT2D eigenvalue weighted by Gasteiger charge is -2.37. The molecule has 2 aliphatic rings. The minimum atomic E-state index is 0.585. The second-order valence-corrected chi connectivity index (χ2v) is 12.1. The van der Waals surface area contributed by atoms with Gasteiger partial charge in [0.15, 0.2) is 6.04 Å². The molecule has 1 heterocycles. The van der Waals surface area contributed by atoms with Crippen LogP contribution in [0.15, 0.2) is 109 Å². The molecular weight excluding hydrogens is 508 g/mol. The van der Waals surface area contributed by atoms with E-state index in [9.17, 15) is 0 Å². The Bertz CT molecular complexity index is 1110. The zero-order valence-corrected chi connectivity index (χ0v) is 27.0. The Morgan fingerprint density at radius 1 is 1.02 bits per heavy atom. The van der Waals surface area contributed by atoms with Crippen LogP contribution in [-0.4, -0.2) is 76.4 Å². The Labute approximate surface area is 249 Å². The molecule has 0 bridgehead atoms. The summed E-state index contributed by atoms with van der Waals surface area (Å²) in [6.07, 6.45) is 25.5. The zero-order chi connectivity index (χ0) is 29.7. The highest BCUT2D eigenvalue weighted by atomic mass is 32.2. The average Bonchev–Trinajstić information content (AvgIpc) is 3.24. The second kappa shape index (κ2) is 17.1. The highest BCUT2D eigenvalue weighted by Gasteiger charge is 2.39. The van der Waals surface area contributed by atoms with Crippen LogP contribution in [0.1, 0.15) is 53.4 Å². The van der Waals surface area contributed by atoms with Gasteiger partial charge in [-0.05, 0) is 95.7 Å². The molecular formula is C35H53N4S+. The van der Waals surface area contributed by atoms with E-state index in [0.29, 0.717) is 11.3 Å². The van der Waals surface area contributed by atoms with Crippen LogP contribution < -0.4 is 0 Å². The minimum Gasteiger partial charge on any atom is -0.358 e. The molecule has 0 aromatic carbocycles. The van der Waals surface area contributed by atoms with Gasteiger partial charge < -0.3 is 14.7 Å². The molecule has 0 saturated carbocycles. The fourth-order valence-electron chi connectivity index (χ4n) is 5.11. The van der Waals surface area contributed by atoms with E-state index < -0.39 is 0 Å². The lowest BCUT2D eigenvalue weighted by atomic mass is 10.0. The standard InChI is InChI=1S/C35H53N4S/c1-11-14-16-20-29(5)39(31(7)38(24-13-3)26-19-25-36(8)9)32(21-15-12-2)30(6)28(4)27-35-37(10)33-22-17-18-23-34(33)40-35/h11-12,14-18,20-21,27,33-34H,1-2,7,13,19,22-26H2,3-6,8-10H3/q+1/b16-14-,21-15-,29-20+. The zero-order valence-electron chi connectivity index (χ0n) is 26.2. The van der Waals surface area contributed by atoms with Gasteiger partial charge >= 0.3 is 0 Å². The quantitative estimate of drug-likeness (QED) is 0.108. The topological polar surface area (TPSA) is 12.7 Å². The third kappa shape index (κ3) is 9.42. The minimum absolute atomic E-state index is 0.585. The van der Waals surface area contributed by atoms with Crippen LogP contribution in [0.5, 0.6) is 0 Å². The summed E-state index contributed by atoms with van der Waals surface area (Å²) in [4.78, 5) is 6.98. The maximum absolute atomic E-state index is 4.67. The normalized spacial score (nSPS) is 20.4. The van der Waals surface area contributed by atoms with Gasteiger partial charge in [-0.1, -0.05) is 69.2 Å². The van der Waals surface area contributed by atoms with E-state index in [1.165, 1.54) is 16.2 Å². The first-order valence-electron chi connectivity index (χ1n) is 14.6. The Balaban J connectivity index is 2.60. The highest BCUT2D eigenvalue weighted by molar-refractivity contribution is 8.14. The van der Waals surface area contributed by atoms with Crippen molar-refractivity contribution in [1.82, 2.24) is 14.7 Å². The largest absolute Gasteiger partial charge is 0.358 e. The molecule has 1 aliphatic heterocycles. The fourth-order valence-corrected chi connectivity index (χ4v) is 6.62. The smallest absolute Gasteiger partial charge is 0.235 e. The van der Waals surface area contributed by atoms with Crippen molar-refractivity contribution in [3.05, 3.63) is 109 Å². The molecule has 0 aromatic heterocycles. The van der Waals surface area contributed by atoms with Crippen molar-refractivity contribution in [3.8, 4) is 0 Å². The third-order valence-electron chi connectivity index (χ3n) is 7.49. The molecule has 2 unspecified atom stereocenters. The third-order valence-corrected chi connectivity index (χ3v) is 8.95. The molecule has 2 atom stereocenters. The summed E-state index contributed by atoms with van der Waals surface area (Å²) in [6.45, 7) is 24.3. The molecule has 0 saturated heterocycles. The van der Waals surface area contributed by atoms with Crippen molar-refractivity contribution in [2.45, 2.75) is 64.7 Å². The van der Waals surface area contributed by atoms with Gasteiger partial charge in [-0.15, -0.1) is 0 Å². The van der Waals surface area contributed by atoms with Gasteiger partial charge in [-0.25, -0.2) is 4.58 Å². The molecule has 0 fully saturated rings. The number of fused-ring (bicyclic) bond motifs is 1. The van der Waals surface area contributed by atoms with Crippen molar-refractivity contribution < 1.29 is 4.58 Å². The van der Waals surface area contributed by atoms with E-state index in [4.69, 9.17) is 0 Å². The van der Waals surface area contributed by atoms with Crippen LogP contribution in [0, 0.1) is 0 Å². The molecule has 40 heavy (non-hydrogen) atoms. The van der Waals surface area contributed by atoms with Crippen molar-refractivity contribution in [3.63, 3.8) is 0 Å². The number of allylic oxidation sites excluding steroid dienone is 11. The molecule has 218 valence electrons. The van der Waals surface area contributed by atoms with E-state index in [-0.39, 0.29) is 0 Å². The highest BCUT2D eigenvalue weighted by Crippen LogP contribution is 2.35. The van der Waals surface area contributed by atoms with Gasteiger partial charge in [0, 0.05) is 31.3 Å². The molecule has 0 N–H and O–H groups in total. The van der Waals surface area contributed by atoms with Crippen LogP contribution >= 0.6 is 11.8 Å². The van der Waals surface area contributed by atoms with Gasteiger partial charge in [0.1, 0.15) is 12.9 Å².